The van der Waals surface area contributed by atoms with Crippen molar-refractivity contribution in [2.75, 3.05) is 40.9 Å². The minimum absolute atomic E-state index is 0.0584. The predicted molar refractivity (Wildman–Crippen MR) is 214 cm³/mol. The Kier molecular flexibility index (Phi) is 16.4. The lowest BCUT2D eigenvalue weighted by Gasteiger charge is -2.41. The van der Waals surface area contributed by atoms with Crippen LogP contribution < -0.4 is 10.6 Å². The van der Waals surface area contributed by atoms with Gasteiger partial charge in [0.2, 0.25) is 23.4 Å². The van der Waals surface area contributed by atoms with Crippen LogP contribution in [0.5, 0.6) is 0 Å². The number of carboxylic acid groups (broad SMARTS) is 1. The maximum Gasteiger partial charge on any atom is 0.407 e. The van der Waals surface area contributed by atoms with Gasteiger partial charge in [-0.1, -0.05) is 71.4 Å². The lowest BCUT2D eigenvalue weighted by molar-refractivity contribution is -0.148. The van der Waals surface area contributed by atoms with Gasteiger partial charge in [-0.3, -0.25) is 19.2 Å². The van der Waals surface area contributed by atoms with Crippen LogP contribution in [0.1, 0.15) is 83.3 Å². The third-order valence-electron chi connectivity index (χ3n) is 11.7. The Labute approximate surface area is 339 Å². The molecule has 0 unspecified atom stereocenters. The first-order valence-corrected chi connectivity index (χ1v) is 20.8. The highest BCUT2D eigenvalue weighted by atomic mass is 32.1. The van der Waals surface area contributed by atoms with Crippen LogP contribution in [0.3, 0.4) is 0 Å². The molecular weight excluding hydrogens is 756 g/mol. The van der Waals surface area contributed by atoms with Gasteiger partial charge in [0.25, 0.3) is 5.91 Å². The Bertz CT molecular complexity index is 1650. The molecule has 57 heavy (non-hydrogen) atoms. The molecule has 4 rings (SSSR count). The summed E-state index contributed by atoms with van der Waals surface area (Å²) in [6, 6.07) is 7.46. The highest BCUT2D eigenvalue weighted by Crippen LogP contribution is 2.31. The smallest absolute Gasteiger partial charge is 0.407 e. The highest BCUT2D eigenvalue weighted by Gasteiger charge is 2.49. The average Bonchev–Trinajstić information content (AvgIpc) is 3.99. The molecule has 5 amide bonds. The highest BCUT2D eigenvalue weighted by molar-refractivity contribution is 7.09. The van der Waals surface area contributed by atoms with Gasteiger partial charge in [0.05, 0.1) is 49.2 Å². The minimum Gasteiger partial charge on any atom is -0.465 e. The Hall–Kier alpha value is -4.15. The van der Waals surface area contributed by atoms with Gasteiger partial charge < -0.3 is 39.9 Å². The standard InChI is InChI=1S/C41H61FN6O8S/c1-9-26(4)34(46(6)38(51)33(25(2)3)45-39(52)41(42)17-20-47(24-41)40(53)54)31(55-7)23-32(49)48-19-13-16-30(48)35(56-8)27(5)36(50)44-29(37-43-18-21-57-37)22-28-14-11-10-12-15-28/h10-12,14-15,18,21,25-27,29-31,33-35H,9,13,16-17,19-20,22-24H2,1-8H3,(H,44,50)(H,45,52)(H,53,54)/t26-,27+,29-,30-,31-,33-,34-,35+,41+/m0/s1. The summed E-state index contributed by atoms with van der Waals surface area (Å²) in [5, 5.41) is 17.8. The number of hydrogen-bond donors (Lipinski definition) is 3. The van der Waals surface area contributed by atoms with Crippen molar-refractivity contribution < 1.29 is 42.9 Å². The molecule has 2 aliphatic heterocycles. The Balaban J connectivity index is 1.47. The van der Waals surface area contributed by atoms with Crippen molar-refractivity contribution in [3.8, 4) is 0 Å². The molecule has 0 spiro atoms. The van der Waals surface area contributed by atoms with Gasteiger partial charge in [-0.25, -0.2) is 14.2 Å². The molecule has 1 aromatic heterocycles. The van der Waals surface area contributed by atoms with E-state index in [2.05, 4.69) is 15.6 Å². The molecule has 14 nitrogen and oxygen atoms in total. The fourth-order valence-corrected chi connectivity index (χ4v) is 8.88. The number of ether oxygens (including phenoxy) is 2. The van der Waals surface area contributed by atoms with Gasteiger partial charge >= 0.3 is 6.09 Å². The number of amides is 5. The second kappa shape index (κ2) is 20.5. The van der Waals surface area contributed by atoms with Crippen LogP contribution in [-0.2, 0) is 35.1 Å². The molecule has 1 aromatic carbocycles. The molecule has 0 radical (unpaired) electrons. The van der Waals surface area contributed by atoms with Gasteiger partial charge in [0.1, 0.15) is 11.0 Å². The van der Waals surface area contributed by atoms with Crippen molar-refractivity contribution >= 4 is 41.1 Å². The van der Waals surface area contributed by atoms with E-state index in [4.69, 9.17) is 9.47 Å². The molecule has 2 fully saturated rings. The van der Waals surface area contributed by atoms with Crippen molar-refractivity contribution in [2.24, 2.45) is 17.8 Å². The molecule has 0 aliphatic carbocycles. The van der Waals surface area contributed by atoms with Crippen LogP contribution in [0.25, 0.3) is 0 Å². The van der Waals surface area contributed by atoms with E-state index in [1.54, 1.807) is 39.1 Å². The summed E-state index contributed by atoms with van der Waals surface area (Å²) >= 11 is 1.48. The van der Waals surface area contributed by atoms with Gasteiger partial charge in [0, 0.05) is 52.4 Å². The maximum atomic E-state index is 15.7. The number of carbonyl (C=O) groups excluding carboxylic acids is 4. The number of likely N-dealkylation sites (N-methyl/N-ethyl adjacent to an activating group) is 1. The van der Waals surface area contributed by atoms with E-state index in [0.717, 1.165) is 21.9 Å². The number of halogens is 1. The van der Waals surface area contributed by atoms with E-state index in [1.807, 2.05) is 56.5 Å². The molecule has 2 aromatic rings. The van der Waals surface area contributed by atoms with Crippen LogP contribution in [-0.4, -0.2) is 131 Å². The molecule has 0 bridgehead atoms. The first-order valence-electron chi connectivity index (χ1n) is 19.9. The molecule has 3 N–H and O–H groups in total. The van der Waals surface area contributed by atoms with Crippen LogP contribution in [0.15, 0.2) is 41.9 Å². The lowest BCUT2D eigenvalue weighted by Crippen LogP contribution is -2.60. The molecule has 2 aliphatic rings. The minimum atomic E-state index is -2.46. The third-order valence-corrected chi connectivity index (χ3v) is 12.6. The first kappa shape index (κ1) is 45.6. The summed E-state index contributed by atoms with van der Waals surface area (Å²) in [5.41, 5.74) is -1.40. The second-order valence-corrected chi connectivity index (χ2v) is 16.8. The Morgan fingerprint density at radius 3 is 2.33 bits per heavy atom. The van der Waals surface area contributed by atoms with E-state index in [1.165, 1.54) is 23.3 Å². The number of thiazole rings is 1. The van der Waals surface area contributed by atoms with Crippen LogP contribution in [0, 0.1) is 17.8 Å². The largest absolute Gasteiger partial charge is 0.465 e. The van der Waals surface area contributed by atoms with Crippen LogP contribution >= 0.6 is 11.3 Å². The summed E-state index contributed by atoms with van der Waals surface area (Å²) in [5.74, 6) is -3.10. The van der Waals surface area contributed by atoms with Crippen molar-refractivity contribution in [2.45, 2.75) is 115 Å². The topological polar surface area (TPSA) is 171 Å². The number of benzene rings is 1. The Morgan fingerprint density at radius 1 is 1.07 bits per heavy atom. The quantitative estimate of drug-likeness (QED) is 0.182. The number of hydrogen-bond acceptors (Lipinski definition) is 9. The number of nitrogens with zero attached hydrogens (tertiary/aromatic N) is 4. The molecule has 2 saturated heterocycles. The number of rotatable bonds is 19. The normalized spacial score (nSPS) is 22.0. The van der Waals surface area contributed by atoms with Crippen LogP contribution in [0.4, 0.5) is 9.18 Å². The number of likely N-dealkylation sites (tertiary alicyclic amines) is 2. The fourth-order valence-electron chi connectivity index (χ4n) is 8.19. The lowest BCUT2D eigenvalue weighted by atomic mass is 9.89. The third kappa shape index (κ3) is 11.1. The van der Waals surface area contributed by atoms with E-state index in [9.17, 15) is 29.1 Å². The zero-order valence-electron chi connectivity index (χ0n) is 34.5. The zero-order chi connectivity index (χ0) is 42.0. The molecular formula is C41H61FN6O8S. The number of alkyl halides is 1. The monoisotopic (exact) mass is 816 g/mol. The summed E-state index contributed by atoms with van der Waals surface area (Å²) in [4.78, 5) is 75.5. The molecule has 9 atom stereocenters. The van der Waals surface area contributed by atoms with Crippen molar-refractivity contribution in [3.63, 3.8) is 0 Å². The van der Waals surface area contributed by atoms with Crippen LogP contribution in [0.2, 0.25) is 0 Å². The first-order chi connectivity index (χ1) is 27.1. The summed E-state index contributed by atoms with van der Waals surface area (Å²) in [6.45, 7) is 8.94. The SMILES string of the molecule is CC[C@H](C)[C@@H]([C@H](CC(=O)N1CCC[C@H]1[C@H](OC)[C@@H](C)C(=O)N[C@@H](Cc1ccccc1)c1nccs1)OC)N(C)C(=O)[C@@H](NC(=O)[C@@]1(F)CCN(C(=O)O)C1)C(C)C. The molecule has 316 valence electrons. The molecule has 3 heterocycles. The van der Waals surface area contributed by atoms with Crippen molar-refractivity contribution in [1.29, 1.82) is 0 Å². The summed E-state index contributed by atoms with van der Waals surface area (Å²) < 4.78 is 27.7. The predicted octanol–water partition coefficient (Wildman–Crippen LogP) is 4.70. The number of carbonyl (C=O) groups is 5. The fraction of sp³-hybridized carbons (Fsp3) is 0.659. The molecule has 16 heteroatoms. The zero-order valence-corrected chi connectivity index (χ0v) is 35.3. The average molecular weight is 817 g/mol. The van der Waals surface area contributed by atoms with Gasteiger partial charge in [0.15, 0.2) is 0 Å². The molecule has 0 saturated carbocycles. The second-order valence-electron chi connectivity index (χ2n) is 15.8. The van der Waals surface area contributed by atoms with E-state index < -0.39 is 66.2 Å². The van der Waals surface area contributed by atoms with E-state index in [-0.39, 0.29) is 49.2 Å². The van der Waals surface area contributed by atoms with E-state index in [0.29, 0.717) is 25.8 Å². The van der Waals surface area contributed by atoms with Gasteiger partial charge in [-0.15, -0.1) is 11.3 Å². The summed E-state index contributed by atoms with van der Waals surface area (Å²) in [7, 11) is 4.65. The number of methoxy groups -OCH3 is 2. The van der Waals surface area contributed by atoms with Gasteiger partial charge in [-0.2, -0.15) is 0 Å². The Morgan fingerprint density at radius 2 is 1.77 bits per heavy atom. The maximum absolute atomic E-state index is 15.7. The van der Waals surface area contributed by atoms with Crippen molar-refractivity contribution in [1.82, 2.24) is 30.3 Å². The van der Waals surface area contributed by atoms with E-state index >= 15 is 4.39 Å². The summed E-state index contributed by atoms with van der Waals surface area (Å²) in [6.07, 6.45) is 1.27. The van der Waals surface area contributed by atoms with Gasteiger partial charge in [-0.05, 0) is 36.7 Å². The number of nitrogens with one attached hydrogen (secondary N) is 2. The van der Waals surface area contributed by atoms with Crippen molar-refractivity contribution in [3.05, 3.63) is 52.5 Å². The number of aromatic nitrogens is 1.